The largest absolute Gasteiger partial charge is 0.308 e. The number of nitrogens with zero attached hydrogens (tertiary/aromatic N) is 2. The Bertz CT molecular complexity index is 378. The molecule has 0 unspecified atom stereocenters. The highest BCUT2D eigenvalue weighted by molar-refractivity contribution is 7.07. The number of thiophene rings is 1. The summed E-state index contributed by atoms with van der Waals surface area (Å²) < 4.78 is 1.82. The highest BCUT2D eigenvalue weighted by Crippen LogP contribution is 2.05. The van der Waals surface area contributed by atoms with Gasteiger partial charge in [-0.3, -0.25) is 4.68 Å². The van der Waals surface area contributed by atoms with Gasteiger partial charge in [0.15, 0.2) is 0 Å². The van der Waals surface area contributed by atoms with E-state index in [1.54, 1.807) is 11.3 Å². The average molecular weight is 207 g/mol. The summed E-state index contributed by atoms with van der Waals surface area (Å²) >= 11 is 1.73. The Morgan fingerprint density at radius 1 is 1.43 bits per heavy atom. The van der Waals surface area contributed by atoms with Gasteiger partial charge >= 0.3 is 0 Å². The summed E-state index contributed by atoms with van der Waals surface area (Å²) in [6.07, 6.45) is 3.92. The fourth-order valence-electron chi connectivity index (χ4n) is 1.31. The lowest BCUT2D eigenvalue weighted by molar-refractivity contribution is 0.693. The zero-order chi connectivity index (χ0) is 9.80. The second-order valence-electron chi connectivity index (χ2n) is 3.26. The average Bonchev–Trinajstić information content (AvgIpc) is 2.77. The van der Waals surface area contributed by atoms with Crippen LogP contribution < -0.4 is 5.32 Å². The van der Waals surface area contributed by atoms with Crippen molar-refractivity contribution in [2.45, 2.75) is 13.1 Å². The van der Waals surface area contributed by atoms with E-state index in [1.165, 1.54) is 11.1 Å². The van der Waals surface area contributed by atoms with Crippen molar-refractivity contribution in [3.63, 3.8) is 0 Å². The number of rotatable bonds is 4. The van der Waals surface area contributed by atoms with Crippen LogP contribution in [0.3, 0.4) is 0 Å². The molecule has 0 saturated carbocycles. The lowest BCUT2D eigenvalue weighted by Gasteiger charge is -1.99. The molecule has 3 nitrogen and oxygen atoms in total. The molecule has 0 radical (unpaired) electrons. The molecule has 2 rings (SSSR count). The Morgan fingerprint density at radius 3 is 2.93 bits per heavy atom. The molecule has 0 saturated heterocycles. The standard InChI is InChI=1S/C10H13N3S/c1-13-7-10(6-12-13)5-11-4-9-2-3-14-8-9/h2-3,6-8,11H,4-5H2,1H3. The van der Waals surface area contributed by atoms with Crippen molar-refractivity contribution in [2.75, 3.05) is 0 Å². The predicted molar refractivity (Wildman–Crippen MR) is 58.1 cm³/mol. The van der Waals surface area contributed by atoms with Crippen LogP contribution in [-0.4, -0.2) is 9.78 Å². The van der Waals surface area contributed by atoms with Crippen molar-refractivity contribution in [3.8, 4) is 0 Å². The Labute approximate surface area is 87.4 Å². The molecule has 0 spiro atoms. The molecule has 74 valence electrons. The fraction of sp³-hybridized carbons (Fsp3) is 0.300. The van der Waals surface area contributed by atoms with E-state index in [-0.39, 0.29) is 0 Å². The summed E-state index contributed by atoms with van der Waals surface area (Å²) in [6, 6.07) is 2.14. The molecule has 0 atom stereocenters. The molecule has 0 aliphatic carbocycles. The minimum Gasteiger partial charge on any atom is -0.308 e. The molecule has 2 aromatic rings. The van der Waals surface area contributed by atoms with Gasteiger partial charge in [0, 0.05) is 31.9 Å². The fourth-order valence-corrected chi connectivity index (χ4v) is 1.98. The van der Waals surface area contributed by atoms with Crippen LogP contribution >= 0.6 is 11.3 Å². The van der Waals surface area contributed by atoms with E-state index >= 15 is 0 Å². The van der Waals surface area contributed by atoms with Crippen molar-refractivity contribution in [1.82, 2.24) is 15.1 Å². The minimum atomic E-state index is 0.879. The predicted octanol–water partition coefficient (Wildman–Crippen LogP) is 1.77. The lowest BCUT2D eigenvalue weighted by Crippen LogP contribution is -2.11. The zero-order valence-corrected chi connectivity index (χ0v) is 8.92. The molecule has 0 fully saturated rings. The van der Waals surface area contributed by atoms with E-state index < -0.39 is 0 Å². The number of aryl methyl sites for hydroxylation is 1. The van der Waals surface area contributed by atoms with Crippen molar-refractivity contribution in [3.05, 3.63) is 40.3 Å². The third kappa shape index (κ3) is 2.43. The summed E-state index contributed by atoms with van der Waals surface area (Å²) in [4.78, 5) is 0. The van der Waals surface area contributed by atoms with Gasteiger partial charge in [-0.15, -0.1) is 0 Å². The van der Waals surface area contributed by atoms with E-state index in [0.717, 1.165) is 13.1 Å². The van der Waals surface area contributed by atoms with Gasteiger partial charge in [-0.05, 0) is 22.4 Å². The summed E-state index contributed by atoms with van der Waals surface area (Å²) in [5.41, 5.74) is 2.57. The van der Waals surface area contributed by atoms with Gasteiger partial charge in [-0.1, -0.05) is 0 Å². The van der Waals surface area contributed by atoms with Crippen LogP contribution in [0.2, 0.25) is 0 Å². The van der Waals surface area contributed by atoms with Crippen LogP contribution in [0.5, 0.6) is 0 Å². The minimum absolute atomic E-state index is 0.879. The van der Waals surface area contributed by atoms with Crippen molar-refractivity contribution < 1.29 is 0 Å². The van der Waals surface area contributed by atoms with Crippen LogP contribution in [0.4, 0.5) is 0 Å². The Kier molecular flexibility index (Phi) is 2.96. The first-order valence-electron chi connectivity index (χ1n) is 4.54. The zero-order valence-electron chi connectivity index (χ0n) is 8.10. The molecule has 0 amide bonds. The van der Waals surface area contributed by atoms with E-state index in [2.05, 4.69) is 27.2 Å². The number of aromatic nitrogens is 2. The summed E-state index contributed by atoms with van der Waals surface area (Å²) in [7, 11) is 1.93. The van der Waals surface area contributed by atoms with E-state index in [9.17, 15) is 0 Å². The first kappa shape index (κ1) is 9.43. The van der Waals surface area contributed by atoms with Gasteiger partial charge in [-0.2, -0.15) is 16.4 Å². The monoisotopic (exact) mass is 207 g/mol. The molecule has 1 N–H and O–H groups in total. The van der Waals surface area contributed by atoms with Crippen LogP contribution in [0.25, 0.3) is 0 Å². The smallest absolute Gasteiger partial charge is 0.0534 e. The van der Waals surface area contributed by atoms with E-state index in [1.807, 2.05) is 24.1 Å². The van der Waals surface area contributed by atoms with Gasteiger partial charge in [0.2, 0.25) is 0 Å². The highest BCUT2D eigenvalue weighted by atomic mass is 32.1. The molecule has 0 aliphatic rings. The van der Waals surface area contributed by atoms with Crippen molar-refractivity contribution in [1.29, 1.82) is 0 Å². The number of nitrogens with one attached hydrogen (secondary N) is 1. The summed E-state index contributed by atoms with van der Waals surface area (Å²) in [5.74, 6) is 0. The van der Waals surface area contributed by atoms with Crippen LogP contribution in [-0.2, 0) is 20.1 Å². The van der Waals surface area contributed by atoms with Gasteiger partial charge in [-0.25, -0.2) is 0 Å². The molecule has 2 aromatic heterocycles. The maximum Gasteiger partial charge on any atom is 0.0534 e. The van der Waals surface area contributed by atoms with Crippen LogP contribution in [0, 0.1) is 0 Å². The first-order chi connectivity index (χ1) is 6.84. The third-order valence-corrected chi connectivity index (χ3v) is 2.73. The van der Waals surface area contributed by atoms with Gasteiger partial charge in [0.25, 0.3) is 0 Å². The first-order valence-corrected chi connectivity index (χ1v) is 5.48. The third-order valence-electron chi connectivity index (χ3n) is 2.00. The number of hydrogen-bond donors (Lipinski definition) is 1. The topological polar surface area (TPSA) is 29.9 Å². The molecule has 0 aliphatic heterocycles. The molecular weight excluding hydrogens is 194 g/mol. The number of hydrogen-bond acceptors (Lipinski definition) is 3. The normalized spacial score (nSPS) is 10.6. The SMILES string of the molecule is Cn1cc(CNCc2ccsc2)cn1. The second-order valence-corrected chi connectivity index (χ2v) is 4.04. The molecular formula is C10H13N3S. The molecule has 0 aromatic carbocycles. The molecule has 4 heteroatoms. The molecule has 0 bridgehead atoms. The van der Waals surface area contributed by atoms with Crippen LogP contribution in [0.15, 0.2) is 29.2 Å². The quantitative estimate of drug-likeness (QED) is 0.828. The van der Waals surface area contributed by atoms with Crippen molar-refractivity contribution in [2.24, 2.45) is 7.05 Å². The highest BCUT2D eigenvalue weighted by Gasteiger charge is 1.96. The Morgan fingerprint density at radius 2 is 2.29 bits per heavy atom. The molecule has 14 heavy (non-hydrogen) atoms. The van der Waals surface area contributed by atoms with Crippen LogP contribution in [0.1, 0.15) is 11.1 Å². The van der Waals surface area contributed by atoms with Gasteiger partial charge in [0.05, 0.1) is 6.20 Å². The maximum atomic E-state index is 4.11. The Balaban J connectivity index is 1.78. The van der Waals surface area contributed by atoms with Gasteiger partial charge < -0.3 is 5.32 Å². The maximum absolute atomic E-state index is 4.11. The van der Waals surface area contributed by atoms with E-state index in [4.69, 9.17) is 0 Å². The van der Waals surface area contributed by atoms with E-state index in [0.29, 0.717) is 0 Å². The molecule has 2 heterocycles. The Hall–Kier alpha value is -1.13. The second kappa shape index (κ2) is 4.39. The van der Waals surface area contributed by atoms with Gasteiger partial charge in [0.1, 0.15) is 0 Å². The van der Waals surface area contributed by atoms with Crippen molar-refractivity contribution >= 4 is 11.3 Å². The summed E-state index contributed by atoms with van der Waals surface area (Å²) in [5, 5.41) is 11.7. The lowest BCUT2D eigenvalue weighted by atomic mass is 10.3. The summed E-state index contributed by atoms with van der Waals surface area (Å²) in [6.45, 7) is 1.81.